The summed E-state index contributed by atoms with van der Waals surface area (Å²) in [6, 6.07) is 64.4. The minimum Gasteiger partial charge on any atom is -0.309 e. The number of thiophene rings is 1. The van der Waals surface area contributed by atoms with E-state index < -0.39 is 0 Å². The molecule has 8 aromatic carbocycles. The topological polar surface area (TPSA) is 4.93 Å². The van der Waals surface area contributed by atoms with Crippen molar-refractivity contribution in [1.29, 1.82) is 0 Å². The third-order valence-electron chi connectivity index (χ3n) is 9.76. The van der Waals surface area contributed by atoms with Crippen molar-refractivity contribution in [3.8, 4) is 39.1 Å². The molecule has 0 amide bonds. The molecule has 0 bridgehead atoms. The second-order valence-electron chi connectivity index (χ2n) is 12.6. The molecule has 0 radical (unpaired) electrons. The van der Waals surface area contributed by atoms with Crippen LogP contribution in [0.2, 0.25) is 0 Å². The number of fused-ring (bicyclic) bond motifs is 8. The largest absolute Gasteiger partial charge is 0.309 e. The number of hydrogen-bond donors (Lipinski definition) is 0. The summed E-state index contributed by atoms with van der Waals surface area (Å²) < 4.78 is 5.09. The number of para-hydroxylation sites is 1. The predicted octanol–water partition coefficient (Wildman–Crippen LogP) is 13.3. The Morgan fingerprint density at radius 2 is 0.917 bits per heavy atom. The summed E-state index contributed by atoms with van der Waals surface area (Å²) in [5.74, 6) is 0. The van der Waals surface area contributed by atoms with E-state index in [9.17, 15) is 0 Å². The molecule has 0 unspecified atom stereocenters. The standard InChI is InChI=1S/C46H29NS/c1-3-11-30(12-4-1)34-25-35(31-13-5-2-6-14-31)27-36(26-34)32-19-22-37(23-20-32)47-42-18-10-9-17-39(42)40-28-41-45(29-43(40)47)48-44-24-21-33-15-7-8-16-38(33)46(41)44/h1-29H. The molecule has 2 heterocycles. The summed E-state index contributed by atoms with van der Waals surface area (Å²) in [5, 5.41) is 7.89. The molecule has 48 heavy (non-hydrogen) atoms. The Balaban J connectivity index is 1.14. The summed E-state index contributed by atoms with van der Waals surface area (Å²) in [7, 11) is 0. The van der Waals surface area contributed by atoms with Gasteiger partial charge < -0.3 is 4.57 Å². The van der Waals surface area contributed by atoms with Gasteiger partial charge in [-0.25, -0.2) is 0 Å². The Labute approximate surface area is 282 Å². The van der Waals surface area contributed by atoms with Crippen LogP contribution in [0.3, 0.4) is 0 Å². The lowest BCUT2D eigenvalue weighted by Gasteiger charge is -2.13. The molecular formula is C46H29NS. The summed E-state index contributed by atoms with van der Waals surface area (Å²) in [6.07, 6.45) is 0. The van der Waals surface area contributed by atoms with Crippen LogP contribution in [0.4, 0.5) is 0 Å². The van der Waals surface area contributed by atoms with Crippen molar-refractivity contribution in [2.45, 2.75) is 0 Å². The second-order valence-corrected chi connectivity index (χ2v) is 13.6. The fourth-order valence-corrected chi connectivity index (χ4v) is 8.62. The molecule has 2 aromatic heterocycles. The van der Waals surface area contributed by atoms with E-state index in [4.69, 9.17) is 0 Å². The third kappa shape index (κ3) is 4.31. The summed E-state index contributed by atoms with van der Waals surface area (Å²) in [5.41, 5.74) is 10.9. The number of benzene rings is 8. The third-order valence-corrected chi connectivity index (χ3v) is 10.9. The molecule has 2 heteroatoms. The Morgan fingerprint density at radius 3 is 1.60 bits per heavy atom. The van der Waals surface area contributed by atoms with Crippen LogP contribution in [0.5, 0.6) is 0 Å². The Hall–Kier alpha value is -5.96. The number of aromatic nitrogens is 1. The molecule has 10 rings (SSSR count). The Morgan fingerprint density at radius 1 is 0.333 bits per heavy atom. The first kappa shape index (κ1) is 27.2. The zero-order valence-electron chi connectivity index (χ0n) is 26.1. The minimum atomic E-state index is 1.17. The molecule has 0 aliphatic carbocycles. The fourth-order valence-electron chi connectivity index (χ4n) is 7.48. The van der Waals surface area contributed by atoms with Gasteiger partial charge in [-0.1, -0.05) is 121 Å². The lowest BCUT2D eigenvalue weighted by molar-refractivity contribution is 1.18. The highest BCUT2D eigenvalue weighted by atomic mass is 32.1. The van der Waals surface area contributed by atoms with E-state index in [1.807, 2.05) is 11.3 Å². The zero-order valence-corrected chi connectivity index (χ0v) is 26.9. The lowest BCUT2D eigenvalue weighted by Crippen LogP contribution is -1.94. The van der Waals surface area contributed by atoms with Crippen LogP contribution >= 0.6 is 11.3 Å². The van der Waals surface area contributed by atoms with Crippen LogP contribution in [0, 0.1) is 0 Å². The van der Waals surface area contributed by atoms with Crippen LogP contribution in [0.25, 0.3) is 91.8 Å². The molecule has 0 saturated heterocycles. The van der Waals surface area contributed by atoms with Crippen LogP contribution in [0.15, 0.2) is 176 Å². The summed E-state index contributed by atoms with van der Waals surface area (Å²) in [6.45, 7) is 0. The monoisotopic (exact) mass is 627 g/mol. The van der Waals surface area contributed by atoms with Crippen molar-refractivity contribution in [1.82, 2.24) is 4.57 Å². The van der Waals surface area contributed by atoms with Gasteiger partial charge in [0.1, 0.15) is 0 Å². The van der Waals surface area contributed by atoms with Crippen LogP contribution in [-0.4, -0.2) is 4.57 Å². The fraction of sp³-hybridized carbons (Fsp3) is 0. The van der Waals surface area contributed by atoms with E-state index in [0.29, 0.717) is 0 Å². The number of nitrogens with zero attached hydrogens (tertiary/aromatic N) is 1. The first-order chi connectivity index (χ1) is 23.8. The van der Waals surface area contributed by atoms with Crippen LogP contribution in [-0.2, 0) is 0 Å². The van der Waals surface area contributed by atoms with E-state index in [0.717, 1.165) is 0 Å². The van der Waals surface area contributed by atoms with Crippen molar-refractivity contribution in [3.05, 3.63) is 176 Å². The van der Waals surface area contributed by atoms with Crippen molar-refractivity contribution < 1.29 is 0 Å². The van der Waals surface area contributed by atoms with Gasteiger partial charge in [-0.3, -0.25) is 0 Å². The first-order valence-electron chi connectivity index (χ1n) is 16.4. The van der Waals surface area contributed by atoms with Gasteiger partial charge in [-0.05, 0) is 98.8 Å². The number of rotatable bonds is 4. The second kappa shape index (κ2) is 10.8. The van der Waals surface area contributed by atoms with Crippen molar-refractivity contribution >= 4 is 64.1 Å². The highest BCUT2D eigenvalue weighted by Crippen LogP contribution is 2.43. The summed E-state index contributed by atoms with van der Waals surface area (Å²) in [4.78, 5) is 0. The molecule has 0 aliphatic rings. The summed E-state index contributed by atoms with van der Waals surface area (Å²) >= 11 is 1.89. The van der Waals surface area contributed by atoms with E-state index in [2.05, 4.69) is 180 Å². The molecule has 0 aliphatic heterocycles. The minimum absolute atomic E-state index is 1.17. The Bertz CT molecular complexity index is 2750. The van der Waals surface area contributed by atoms with Gasteiger partial charge in [0.25, 0.3) is 0 Å². The maximum absolute atomic E-state index is 2.44. The SMILES string of the molecule is c1ccc(-c2cc(-c3ccccc3)cc(-c3ccc(-n4c5ccccc5c5cc6c(cc54)sc4ccc5ccccc5c46)cc3)c2)cc1. The van der Waals surface area contributed by atoms with Gasteiger partial charge in [0.15, 0.2) is 0 Å². The van der Waals surface area contributed by atoms with Gasteiger partial charge in [0.05, 0.1) is 11.0 Å². The van der Waals surface area contributed by atoms with Gasteiger partial charge in [-0.15, -0.1) is 11.3 Å². The number of hydrogen-bond acceptors (Lipinski definition) is 1. The molecule has 0 saturated carbocycles. The van der Waals surface area contributed by atoms with Crippen molar-refractivity contribution in [2.24, 2.45) is 0 Å². The van der Waals surface area contributed by atoms with Crippen LogP contribution in [0.1, 0.15) is 0 Å². The van der Waals surface area contributed by atoms with Gasteiger partial charge in [0, 0.05) is 36.6 Å². The lowest BCUT2D eigenvalue weighted by atomic mass is 9.93. The van der Waals surface area contributed by atoms with Gasteiger partial charge in [0.2, 0.25) is 0 Å². The maximum Gasteiger partial charge on any atom is 0.0555 e. The highest BCUT2D eigenvalue weighted by Gasteiger charge is 2.17. The maximum atomic E-state index is 2.44. The predicted molar refractivity (Wildman–Crippen MR) is 207 cm³/mol. The van der Waals surface area contributed by atoms with E-state index in [1.165, 1.54) is 91.8 Å². The van der Waals surface area contributed by atoms with Gasteiger partial charge in [-0.2, -0.15) is 0 Å². The molecule has 10 aromatic rings. The molecule has 0 N–H and O–H groups in total. The highest BCUT2D eigenvalue weighted by molar-refractivity contribution is 7.26. The van der Waals surface area contributed by atoms with E-state index >= 15 is 0 Å². The Kier molecular flexibility index (Phi) is 6.12. The molecule has 224 valence electrons. The van der Waals surface area contributed by atoms with Crippen LogP contribution < -0.4 is 0 Å². The van der Waals surface area contributed by atoms with E-state index in [1.54, 1.807) is 0 Å². The average Bonchev–Trinajstić information content (AvgIpc) is 3.69. The molecule has 0 fully saturated rings. The van der Waals surface area contributed by atoms with Crippen molar-refractivity contribution in [2.75, 3.05) is 0 Å². The molecule has 0 atom stereocenters. The van der Waals surface area contributed by atoms with Crippen molar-refractivity contribution in [3.63, 3.8) is 0 Å². The quantitative estimate of drug-likeness (QED) is 0.183. The van der Waals surface area contributed by atoms with Gasteiger partial charge >= 0.3 is 0 Å². The molecular weight excluding hydrogens is 599 g/mol. The molecule has 1 nitrogen and oxygen atoms in total. The van der Waals surface area contributed by atoms with E-state index in [-0.39, 0.29) is 0 Å². The average molecular weight is 628 g/mol. The normalized spacial score (nSPS) is 11.8. The zero-order chi connectivity index (χ0) is 31.6. The first-order valence-corrected chi connectivity index (χ1v) is 17.2. The smallest absolute Gasteiger partial charge is 0.0555 e. The molecule has 0 spiro atoms.